The zero-order valence-corrected chi connectivity index (χ0v) is 21.6. The standard InChI is InChI=1S/C29H26ClN5O3/c1-34-10-12-35(13-11-34)16-18-2-6-21(7-3-18)31-29(37)19-4-8-24-25(14-19)33-28(32-24)23-17-38-26-9-5-20(30)15-22(26)27(23)36/h2-9,14-15,17H,10-13,16H2,1H3,(H,31,37)(H,32,33). The van der Waals surface area contributed by atoms with Gasteiger partial charge >= 0.3 is 0 Å². The molecule has 0 radical (unpaired) electrons. The van der Waals surface area contributed by atoms with Crippen LogP contribution in [0.2, 0.25) is 5.02 Å². The van der Waals surface area contributed by atoms with Crippen molar-refractivity contribution in [2.75, 3.05) is 38.5 Å². The molecule has 3 heterocycles. The van der Waals surface area contributed by atoms with Gasteiger partial charge in [-0.05, 0) is 61.1 Å². The van der Waals surface area contributed by atoms with Crippen LogP contribution in [0.15, 0.2) is 76.1 Å². The van der Waals surface area contributed by atoms with Crippen molar-refractivity contribution in [3.8, 4) is 11.4 Å². The molecule has 2 N–H and O–H groups in total. The lowest BCUT2D eigenvalue weighted by atomic mass is 10.1. The molecule has 0 atom stereocenters. The number of aromatic nitrogens is 2. The summed E-state index contributed by atoms with van der Waals surface area (Å²) >= 11 is 6.06. The number of imidazole rings is 1. The van der Waals surface area contributed by atoms with Crippen molar-refractivity contribution in [1.29, 1.82) is 0 Å². The first kappa shape index (κ1) is 24.4. The van der Waals surface area contributed by atoms with E-state index in [2.05, 4.69) is 44.3 Å². The number of carbonyl (C=O) groups is 1. The molecule has 3 aromatic carbocycles. The van der Waals surface area contributed by atoms with Gasteiger partial charge in [-0.25, -0.2) is 4.98 Å². The molecule has 1 aliphatic rings. The summed E-state index contributed by atoms with van der Waals surface area (Å²) in [5.41, 5.74) is 4.21. The number of hydrogen-bond acceptors (Lipinski definition) is 6. The Morgan fingerprint density at radius 3 is 2.63 bits per heavy atom. The van der Waals surface area contributed by atoms with Gasteiger partial charge < -0.3 is 19.6 Å². The Bertz CT molecular complexity index is 1700. The smallest absolute Gasteiger partial charge is 0.255 e. The average Bonchev–Trinajstić information content (AvgIpc) is 3.35. The van der Waals surface area contributed by atoms with Crippen LogP contribution < -0.4 is 10.7 Å². The van der Waals surface area contributed by atoms with Crippen molar-refractivity contribution < 1.29 is 9.21 Å². The van der Waals surface area contributed by atoms with Gasteiger partial charge in [-0.2, -0.15) is 0 Å². The Morgan fingerprint density at radius 2 is 1.84 bits per heavy atom. The van der Waals surface area contributed by atoms with E-state index in [1.165, 1.54) is 11.8 Å². The maximum Gasteiger partial charge on any atom is 0.255 e. The van der Waals surface area contributed by atoms with Crippen LogP contribution in [0.3, 0.4) is 0 Å². The molecular formula is C29H26ClN5O3. The second kappa shape index (κ2) is 10.1. The Morgan fingerprint density at radius 1 is 1.05 bits per heavy atom. The number of hydrogen-bond donors (Lipinski definition) is 2. The third-order valence-corrected chi connectivity index (χ3v) is 7.18. The summed E-state index contributed by atoms with van der Waals surface area (Å²) in [4.78, 5) is 38.5. The average molecular weight is 528 g/mol. The van der Waals surface area contributed by atoms with E-state index in [1.54, 1.807) is 36.4 Å². The SMILES string of the molecule is CN1CCN(Cc2ccc(NC(=O)c3ccc4nc(-c5coc6ccc(Cl)cc6c5=O)[nH]c4c3)cc2)CC1. The quantitative estimate of drug-likeness (QED) is 0.334. The third kappa shape index (κ3) is 4.93. The van der Waals surface area contributed by atoms with E-state index in [-0.39, 0.29) is 11.3 Å². The molecule has 192 valence electrons. The van der Waals surface area contributed by atoms with Gasteiger partial charge in [0.05, 0.1) is 16.4 Å². The molecule has 1 saturated heterocycles. The summed E-state index contributed by atoms with van der Waals surface area (Å²) in [6.45, 7) is 5.20. The molecule has 0 saturated carbocycles. The molecule has 0 spiro atoms. The number of nitrogens with zero attached hydrogens (tertiary/aromatic N) is 3. The molecule has 0 aliphatic carbocycles. The number of anilines is 1. The van der Waals surface area contributed by atoms with Crippen molar-refractivity contribution >= 4 is 45.2 Å². The highest BCUT2D eigenvalue weighted by molar-refractivity contribution is 6.31. The van der Waals surface area contributed by atoms with Crippen LogP contribution in [0.25, 0.3) is 33.4 Å². The van der Waals surface area contributed by atoms with E-state index in [4.69, 9.17) is 16.0 Å². The summed E-state index contributed by atoms with van der Waals surface area (Å²) in [5, 5.41) is 3.79. The van der Waals surface area contributed by atoms with Gasteiger partial charge in [0.15, 0.2) is 0 Å². The summed E-state index contributed by atoms with van der Waals surface area (Å²) in [5.74, 6) is 0.138. The van der Waals surface area contributed by atoms with Gasteiger partial charge in [-0.3, -0.25) is 14.5 Å². The molecule has 38 heavy (non-hydrogen) atoms. The molecule has 1 fully saturated rings. The first-order valence-electron chi connectivity index (χ1n) is 12.5. The first-order chi connectivity index (χ1) is 18.4. The topological polar surface area (TPSA) is 94.5 Å². The number of halogens is 1. The number of fused-ring (bicyclic) bond motifs is 2. The van der Waals surface area contributed by atoms with Crippen LogP contribution in [0.4, 0.5) is 5.69 Å². The molecule has 0 unspecified atom stereocenters. The summed E-state index contributed by atoms with van der Waals surface area (Å²) in [7, 11) is 2.15. The first-order valence-corrected chi connectivity index (χ1v) is 12.8. The highest BCUT2D eigenvalue weighted by atomic mass is 35.5. The van der Waals surface area contributed by atoms with E-state index in [1.807, 2.05) is 12.1 Å². The predicted octanol–water partition coefficient (Wildman–Crippen LogP) is 4.99. The Kier molecular flexibility index (Phi) is 6.45. The monoisotopic (exact) mass is 527 g/mol. The van der Waals surface area contributed by atoms with Gasteiger partial charge in [0.2, 0.25) is 5.43 Å². The van der Waals surface area contributed by atoms with Crippen molar-refractivity contribution in [3.63, 3.8) is 0 Å². The van der Waals surface area contributed by atoms with Crippen molar-refractivity contribution in [2.24, 2.45) is 0 Å². The minimum Gasteiger partial charge on any atom is -0.463 e. The zero-order chi connectivity index (χ0) is 26.2. The maximum atomic E-state index is 13.0. The van der Waals surface area contributed by atoms with Crippen molar-refractivity contribution in [2.45, 2.75) is 6.54 Å². The van der Waals surface area contributed by atoms with Crippen LogP contribution >= 0.6 is 11.6 Å². The molecule has 9 heteroatoms. The lowest BCUT2D eigenvalue weighted by molar-refractivity contribution is 0.102. The predicted molar refractivity (Wildman–Crippen MR) is 150 cm³/mol. The Hall–Kier alpha value is -3.98. The molecule has 5 aromatic rings. The van der Waals surface area contributed by atoms with Gasteiger partial charge in [-0.1, -0.05) is 23.7 Å². The van der Waals surface area contributed by atoms with E-state index in [0.29, 0.717) is 44.0 Å². The van der Waals surface area contributed by atoms with Gasteiger partial charge in [0.25, 0.3) is 5.91 Å². The van der Waals surface area contributed by atoms with Crippen LogP contribution in [0.1, 0.15) is 15.9 Å². The summed E-state index contributed by atoms with van der Waals surface area (Å²) in [6, 6.07) is 18.1. The number of likely N-dealkylation sites (N-methyl/N-ethyl adjacent to an activating group) is 1. The van der Waals surface area contributed by atoms with E-state index < -0.39 is 0 Å². The maximum absolute atomic E-state index is 13.0. The lowest BCUT2D eigenvalue weighted by Crippen LogP contribution is -2.43. The van der Waals surface area contributed by atoms with Crippen LogP contribution in [-0.2, 0) is 6.54 Å². The molecule has 0 bridgehead atoms. The van der Waals surface area contributed by atoms with Gasteiger partial charge in [0.1, 0.15) is 23.2 Å². The van der Waals surface area contributed by atoms with Gasteiger partial charge in [-0.15, -0.1) is 0 Å². The Balaban J connectivity index is 1.18. The van der Waals surface area contributed by atoms with Crippen molar-refractivity contribution in [3.05, 3.63) is 93.3 Å². The highest BCUT2D eigenvalue weighted by Crippen LogP contribution is 2.24. The minimum atomic E-state index is -0.234. The normalized spacial score (nSPS) is 14.8. The Labute approximate surface area is 223 Å². The molecule has 6 rings (SSSR count). The molecule has 1 aliphatic heterocycles. The molecule has 2 aromatic heterocycles. The van der Waals surface area contributed by atoms with E-state index >= 15 is 0 Å². The summed E-state index contributed by atoms with van der Waals surface area (Å²) < 4.78 is 5.63. The number of carbonyl (C=O) groups excluding carboxylic acids is 1. The van der Waals surface area contributed by atoms with Crippen LogP contribution in [0, 0.1) is 0 Å². The number of H-pyrrole nitrogens is 1. The number of amides is 1. The molecular weight excluding hydrogens is 502 g/mol. The lowest BCUT2D eigenvalue weighted by Gasteiger charge is -2.32. The summed E-state index contributed by atoms with van der Waals surface area (Å²) in [6.07, 6.45) is 1.39. The van der Waals surface area contributed by atoms with Crippen LogP contribution in [0.5, 0.6) is 0 Å². The fraction of sp³-hybridized carbons (Fsp3) is 0.207. The van der Waals surface area contributed by atoms with E-state index in [0.717, 1.165) is 38.4 Å². The third-order valence-electron chi connectivity index (χ3n) is 6.95. The fourth-order valence-electron chi connectivity index (χ4n) is 4.71. The molecule has 8 nitrogen and oxygen atoms in total. The number of aromatic amines is 1. The van der Waals surface area contributed by atoms with Crippen molar-refractivity contribution in [1.82, 2.24) is 19.8 Å². The second-order valence-corrected chi connectivity index (χ2v) is 10.1. The zero-order valence-electron chi connectivity index (χ0n) is 20.8. The van der Waals surface area contributed by atoms with E-state index in [9.17, 15) is 9.59 Å². The molecule has 1 amide bonds. The second-order valence-electron chi connectivity index (χ2n) is 9.67. The van der Waals surface area contributed by atoms with Gasteiger partial charge in [0, 0.05) is 49.0 Å². The largest absolute Gasteiger partial charge is 0.463 e. The van der Waals surface area contributed by atoms with Crippen LogP contribution in [-0.4, -0.2) is 58.9 Å². The number of nitrogens with one attached hydrogen (secondary N) is 2. The fourth-order valence-corrected chi connectivity index (χ4v) is 4.88. The highest BCUT2D eigenvalue weighted by Gasteiger charge is 2.16. The number of piperazine rings is 1. The minimum absolute atomic E-state index is 0.227. The number of rotatable bonds is 5. The number of benzene rings is 3.